The van der Waals surface area contributed by atoms with E-state index in [-0.39, 0.29) is 24.9 Å². The fraction of sp³-hybridized carbons (Fsp3) is 0.333. The highest BCUT2D eigenvalue weighted by Crippen LogP contribution is 2.28. The lowest BCUT2D eigenvalue weighted by Gasteiger charge is -2.34. The average molecular weight is 605 g/mol. The first-order valence-corrected chi connectivity index (χ1v) is 15.6. The zero-order valence-corrected chi connectivity index (χ0v) is 25.4. The van der Waals surface area contributed by atoms with Crippen LogP contribution < -0.4 is 9.62 Å². The molecule has 1 N–H and O–H groups in total. The van der Waals surface area contributed by atoms with Crippen LogP contribution in [0.25, 0.3) is 0 Å². The molecule has 0 fully saturated rings. The molecule has 0 radical (unpaired) electrons. The predicted molar refractivity (Wildman–Crippen MR) is 162 cm³/mol. The molecule has 40 heavy (non-hydrogen) atoms. The van der Waals surface area contributed by atoms with Gasteiger partial charge in [-0.15, -0.1) is 0 Å². The standard InChI is InChI=1S/C30H35Cl2N3O4S/c1-5-21(2)33-30(37)28(18-23-10-7-6-8-11-23)34(19-24-14-16-25(31)17-15-24)29(36)20-35(40(4,38)39)27-13-9-12-26(32)22(27)3/h6-17,21,28H,5,18-20H2,1-4H3,(H,33,37)/t21-,28-/m1/s1. The number of carbonyl (C=O) groups excluding carboxylic acids is 2. The monoisotopic (exact) mass is 603 g/mol. The number of anilines is 1. The minimum absolute atomic E-state index is 0.0769. The molecule has 2 amide bonds. The normalized spacial score (nSPS) is 12.8. The summed E-state index contributed by atoms with van der Waals surface area (Å²) in [7, 11) is -3.88. The first-order chi connectivity index (χ1) is 18.9. The molecule has 214 valence electrons. The van der Waals surface area contributed by atoms with E-state index in [0.29, 0.717) is 27.7 Å². The molecule has 0 aliphatic carbocycles. The van der Waals surface area contributed by atoms with Crippen molar-refractivity contribution in [2.45, 2.75) is 52.2 Å². The summed E-state index contributed by atoms with van der Waals surface area (Å²) >= 11 is 12.4. The van der Waals surface area contributed by atoms with Crippen LogP contribution in [0.5, 0.6) is 0 Å². The fourth-order valence-electron chi connectivity index (χ4n) is 4.24. The van der Waals surface area contributed by atoms with Crippen molar-refractivity contribution >= 4 is 50.7 Å². The van der Waals surface area contributed by atoms with Gasteiger partial charge in [0.05, 0.1) is 11.9 Å². The maximum Gasteiger partial charge on any atom is 0.244 e. The minimum atomic E-state index is -3.88. The van der Waals surface area contributed by atoms with Gasteiger partial charge in [0.2, 0.25) is 21.8 Å². The Morgan fingerprint density at radius 3 is 2.17 bits per heavy atom. The minimum Gasteiger partial charge on any atom is -0.352 e. The highest BCUT2D eigenvalue weighted by atomic mass is 35.5. The van der Waals surface area contributed by atoms with E-state index in [9.17, 15) is 18.0 Å². The summed E-state index contributed by atoms with van der Waals surface area (Å²) < 4.78 is 26.9. The predicted octanol–water partition coefficient (Wildman–Crippen LogP) is 5.62. The van der Waals surface area contributed by atoms with Crippen molar-refractivity contribution in [2.24, 2.45) is 0 Å². The zero-order chi connectivity index (χ0) is 29.4. The molecule has 3 aromatic rings. The molecule has 0 bridgehead atoms. The molecular weight excluding hydrogens is 569 g/mol. The van der Waals surface area contributed by atoms with Crippen LogP contribution in [0.2, 0.25) is 10.0 Å². The van der Waals surface area contributed by atoms with Gasteiger partial charge in [-0.2, -0.15) is 0 Å². The summed E-state index contributed by atoms with van der Waals surface area (Å²) in [4.78, 5) is 29.2. The van der Waals surface area contributed by atoms with Gasteiger partial charge in [-0.1, -0.05) is 78.7 Å². The van der Waals surface area contributed by atoms with Crippen molar-refractivity contribution in [1.82, 2.24) is 10.2 Å². The highest BCUT2D eigenvalue weighted by Gasteiger charge is 2.33. The van der Waals surface area contributed by atoms with Crippen molar-refractivity contribution in [3.8, 4) is 0 Å². The molecule has 10 heteroatoms. The number of hydrogen-bond acceptors (Lipinski definition) is 4. The number of carbonyl (C=O) groups is 2. The van der Waals surface area contributed by atoms with Gasteiger partial charge < -0.3 is 10.2 Å². The smallest absolute Gasteiger partial charge is 0.244 e. The van der Waals surface area contributed by atoms with Gasteiger partial charge in [0.15, 0.2) is 0 Å². The first-order valence-electron chi connectivity index (χ1n) is 13.0. The summed E-state index contributed by atoms with van der Waals surface area (Å²) in [5.41, 5.74) is 2.45. The first kappa shape index (κ1) is 31.5. The number of hydrogen-bond donors (Lipinski definition) is 1. The molecule has 3 rings (SSSR count). The van der Waals surface area contributed by atoms with E-state index in [4.69, 9.17) is 23.2 Å². The molecule has 0 aliphatic rings. The third kappa shape index (κ3) is 8.46. The summed E-state index contributed by atoms with van der Waals surface area (Å²) in [5.74, 6) is -0.842. The van der Waals surface area contributed by atoms with Gasteiger partial charge in [0, 0.05) is 29.1 Å². The van der Waals surface area contributed by atoms with Gasteiger partial charge in [-0.25, -0.2) is 8.42 Å². The maximum absolute atomic E-state index is 14.1. The van der Waals surface area contributed by atoms with Crippen LogP contribution in [-0.2, 0) is 32.6 Å². The van der Waals surface area contributed by atoms with Crippen molar-refractivity contribution in [2.75, 3.05) is 17.1 Å². The van der Waals surface area contributed by atoms with E-state index in [1.165, 1.54) is 4.90 Å². The molecular formula is C30H35Cl2N3O4S. The van der Waals surface area contributed by atoms with E-state index < -0.39 is 28.5 Å². The SMILES string of the molecule is CC[C@@H](C)NC(=O)[C@@H](Cc1ccccc1)N(Cc1ccc(Cl)cc1)C(=O)CN(c1cccc(Cl)c1C)S(C)(=O)=O. The highest BCUT2D eigenvalue weighted by molar-refractivity contribution is 7.92. The van der Waals surface area contributed by atoms with Crippen molar-refractivity contribution < 1.29 is 18.0 Å². The number of halogens is 2. The second-order valence-corrected chi connectivity index (χ2v) is 12.6. The van der Waals surface area contributed by atoms with Gasteiger partial charge in [-0.3, -0.25) is 13.9 Å². The summed E-state index contributed by atoms with van der Waals surface area (Å²) in [6, 6.07) is 20.3. The lowest BCUT2D eigenvalue weighted by Crippen LogP contribution is -2.54. The molecule has 0 saturated heterocycles. The fourth-order valence-corrected chi connectivity index (χ4v) is 5.44. The number of nitrogens with zero attached hydrogens (tertiary/aromatic N) is 2. The van der Waals surface area contributed by atoms with E-state index in [2.05, 4.69) is 5.32 Å². The Hall–Kier alpha value is -3.07. The largest absolute Gasteiger partial charge is 0.352 e. The lowest BCUT2D eigenvalue weighted by atomic mass is 10.0. The number of amides is 2. The van der Waals surface area contributed by atoms with E-state index in [1.54, 1.807) is 49.4 Å². The molecule has 7 nitrogen and oxygen atoms in total. The van der Waals surface area contributed by atoms with Gasteiger partial charge in [0.1, 0.15) is 12.6 Å². The van der Waals surface area contributed by atoms with Crippen LogP contribution in [0.4, 0.5) is 5.69 Å². The Kier molecular flexibility index (Phi) is 11.0. The van der Waals surface area contributed by atoms with Crippen molar-refractivity contribution in [1.29, 1.82) is 0 Å². The second-order valence-electron chi connectivity index (χ2n) is 9.83. The Morgan fingerprint density at radius 1 is 0.925 bits per heavy atom. The Morgan fingerprint density at radius 2 is 1.57 bits per heavy atom. The van der Waals surface area contributed by atoms with Crippen LogP contribution in [0.3, 0.4) is 0 Å². The summed E-state index contributed by atoms with van der Waals surface area (Å²) in [5, 5.41) is 3.93. The molecule has 0 unspecified atom stereocenters. The number of nitrogens with one attached hydrogen (secondary N) is 1. The van der Waals surface area contributed by atoms with E-state index in [1.807, 2.05) is 44.2 Å². The molecule has 0 spiro atoms. The van der Waals surface area contributed by atoms with Crippen LogP contribution in [0.1, 0.15) is 37.0 Å². The van der Waals surface area contributed by atoms with E-state index >= 15 is 0 Å². The number of sulfonamides is 1. The van der Waals surface area contributed by atoms with Crippen molar-refractivity contribution in [3.63, 3.8) is 0 Å². The lowest BCUT2D eigenvalue weighted by molar-refractivity contribution is -0.140. The Bertz CT molecular complexity index is 1420. The molecule has 0 aromatic heterocycles. The van der Waals surface area contributed by atoms with Gasteiger partial charge in [0.25, 0.3) is 0 Å². The summed E-state index contributed by atoms with van der Waals surface area (Å²) in [6.07, 6.45) is 2.00. The molecule has 0 saturated carbocycles. The van der Waals surface area contributed by atoms with Gasteiger partial charge in [-0.05, 0) is 61.2 Å². The van der Waals surface area contributed by atoms with Gasteiger partial charge >= 0.3 is 0 Å². The topological polar surface area (TPSA) is 86.8 Å². The second kappa shape index (κ2) is 14.0. The van der Waals surface area contributed by atoms with Crippen LogP contribution in [0, 0.1) is 6.92 Å². The molecule has 0 heterocycles. The zero-order valence-electron chi connectivity index (χ0n) is 23.1. The van der Waals surface area contributed by atoms with Crippen LogP contribution in [0.15, 0.2) is 72.8 Å². The van der Waals surface area contributed by atoms with Crippen LogP contribution >= 0.6 is 23.2 Å². The van der Waals surface area contributed by atoms with E-state index in [0.717, 1.165) is 21.7 Å². The summed E-state index contributed by atoms with van der Waals surface area (Å²) in [6.45, 7) is 5.13. The molecule has 0 aliphatic heterocycles. The number of rotatable bonds is 12. The Labute approximate surface area is 247 Å². The third-order valence-corrected chi connectivity index (χ3v) is 8.51. The third-order valence-electron chi connectivity index (χ3n) is 6.73. The molecule has 2 atom stereocenters. The maximum atomic E-state index is 14.1. The quantitative estimate of drug-likeness (QED) is 0.291. The molecule has 3 aromatic carbocycles. The van der Waals surface area contributed by atoms with Crippen molar-refractivity contribution in [3.05, 3.63) is 99.5 Å². The Balaban J connectivity index is 2.08. The number of benzene rings is 3. The van der Waals surface area contributed by atoms with Crippen LogP contribution in [-0.4, -0.2) is 50.0 Å². The average Bonchev–Trinajstić information content (AvgIpc) is 2.91.